The normalized spacial score (nSPS) is 15.5. The van der Waals surface area contributed by atoms with Gasteiger partial charge in [-0.25, -0.2) is 0 Å². The first-order chi connectivity index (χ1) is 32.1. The molecule has 3 nitrogen and oxygen atoms in total. The van der Waals surface area contributed by atoms with Gasteiger partial charge in [0.1, 0.15) is 5.58 Å². The molecule has 287 valence electrons. The first-order valence-corrected chi connectivity index (χ1v) is 21.5. The van der Waals surface area contributed by atoms with Crippen LogP contribution in [-0.4, -0.2) is 18.0 Å². The van der Waals surface area contributed by atoms with E-state index in [1.807, 2.05) is 42.5 Å². The summed E-state index contributed by atoms with van der Waals surface area (Å²) in [7, 11) is -1.91. The minimum atomic E-state index is -2.52. The van der Waals surface area contributed by atoms with Gasteiger partial charge in [0.2, 0.25) is 0 Å². The number of rotatable bonds is 7. The molecule has 9 rings (SSSR count). The van der Waals surface area contributed by atoms with Gasteiger partial charge in [0.15, 0.2) is 0 Å². The van der Waals surface area contributed by atoms with Crippen molar-refractivity contribution >= 4 is 56.7 Å². The SMILES string of the molecule is [2H]C([2H])([2H])c1c[c-]c(-c2ccc(C([2H])([2H])[2H])cn2)cc1.[2H]C([2H])([2H])c1cnc(-c2[c-]ccc3c2oc2cc4c(ccc5ccccc54)cc23)cc1-c1ccc([Si](CC)(CC)CC)cc1C([2H])([2H])[2H].[Ir]. The van der Waals surface area contributed by atoms with Gasteiger partial charge in [0.25, 0.3) is 0 Å². The minimum Gasteiger partial charge on any atom is -0.501 e. The van der Waals surface area contributed by atoms with Crippen LogP contribution in [-0.2, 0) is 20.1 Å². The average molecular weight is 949 g/mol. The third kappa shape index (κ3) is 7.65. The number of benzene rings is 6. The summed E-state index contributed by atoms with van der Waals surface area (Å²) in [5, 5.41) is 7.43. The number of pyridine rings is 2. The molecule has 0 saturated carbocycles. The number of aromatic nitrogens is 2. The third-order valence-corrected chi connectivity index (χ3v) is 16.9. The molecule has 0 atom stereocenters. The van der Waals surface area contributed by atoms with Crippen LogP contribution in [0.4, 0.5) is 0 Å². The standard InChI is InChI=1S/C39H36NOSi.C13H12N.Ir/c1-6-42(7-2,8-3)29-18-19-30(25(4)20-29)34-22-37(40-24-26(34)5)33-15-11-14-32-36-21-28-17-16-27-12-9-10-13-31(27)35(28)23-38(36)41-39(32)33;1-10-3-6-12(7-4-10)13-8-5-11(2)9-14-13;/h9-14,16-24H,6-8H2,1-5H3;3-6,8-9H,1-2H3;/q2*-1;/i4D3,5D3;1D3,2D3;. The zero-order valence-electron chi connectivity index (χ0n) is 43.9. The van der Waals surface area contributed by atoms with Crippen molar-refractivity contribution < 1.29 is 41.0 Å². The molecule has 5 heteroatoms. The molecule has 3 aromatic heterocycles. The predicted molar refractivity (Wildman–Crippen MR) is 241 cm³/mol. The first-order valence-electron chi connectivity index (χ1n) is 24.9. The van der Waals surface area contributed by atoms with Crippen LogP contribution >= 0.6 is 0 Å². The Bertz CT molecular complexity index is 3240. The first kappa shape index (κ1) is 27.4. The molecule has 6 aromatic carbocycles. The van der Waals surface area contributed by atoms with Gasteiger partial charge in [0, 0.05) is 54.3 Å². The molecule has 0 saturated heterocycles. The van der Waals surface area contributed by atoms with E-state index in [-0.39, 0.29) is 42.4 Å². The number of hydrogen-bond acceptors (Lipinski definition) is 3. The van der Waals surface area contributed by atoms with Crippen molar-refractivity contribution in [2.75, 3.05) is 0 Å². The monoisotopic (exact) mass is 949 g/mol. The van der Waals surface area contributed by atoms with E-state index in [0.29, 0.717) is 39.2 Å². The fourth-order valence-electron chi connectivity index (χ4n) is 7.86. The van der Waals surface area contributed by atoms with Crippen molar-refractivity contribution in [1.82, 2.24) is 9.97 Å². The summed E-state index contributed by atoms with van der Waals surface area (Å²) in [6.45, 7) is -2.75. The maximum atomic E-state index is 8.53. The number of fused-ring (bicyclic) bond motifs is 6. The number of nitrogens with zero attached hydrogens (tertiary/aromatic N) is 2. The molecule has 9 aromatic rings. The average Bonchev–Trinajstić information content (AvgIpc) is 3.68. The van der Waals surface area contributed by atoms with E-state index in [0.717, 1.165) is 61.2 Å². The Morgan fingerprint density at radius 1 is 0.614 bits per heavy atom. The van der Waals surface area contributed by atoms with E-state index in [9.17, 15) is 0 Å². The van der Waals surface area contributed by atoms with Crippen LogP contribution in [0.5, 0.6) is 0 Å². The maximum absolute atomic E-state index is 8.53. The predicted octanol–water partition coefficient (Wildman–Crippen LogP) is 13.9. The van der Waals surface area contributed by atoms with Gasteiger partial charge in [0.05, 0.1) is 13.7 Å². The van der Waals surface area contributed by atoms with E-state index in [1.54, 1.807) is 18.2 Å². The number of hydrogen-bond donors (Lipinski definition) is 0. The van der Waals surface area contributed by atoms with Gasteiger partial charge in [-0.3, -0.25) is 0 Å². The summed E-state index contributed by atoms with van der Waals surface area (Å²) in [6, 6.07) is 44.6. The summed E-state index contributed by atoms with van der Waals surface area (Å²) in [6.07, 6.45) is 2.65. The van der Waals surface area contributed by atoms with E-state index in [4.69, 9.17) is 20.9 Å². The van der Waals surface area contributed by atoms with Crippen LogP contribution < -0.4 is 5.19 Å². The Kier molecular flexibility index (Phi) is 8.05. The van der Waals surface area contributed by atoms with Crippen molar-refractivity contribution in [3.05, 3.63) is 162 Å². The molecular formula is C52H48IrN2OSi-2. The zero-order valence-corrected chi connectivity index (χ0v) is 35.3. The van der Waals surface area contributed by atoms with Crippen molar-refractivity contribution in [3.8, 4) is 33.6 Å². The molecule has 57 heavy (non-hydrogen) atoms. The largest absolute Gasteiger partial charge is 0.501 e. The number of aryl methyl sites for hydroxylation is 4. The fourth-order valence-corrected chi connectivity index (χ4v) is 11.5. The summed E-state index contributed by atoms with van der Waals surface area (Å²) in [5.74, 6) is 0. The second kappa shape index (κ2) is 16.7. The van der Waals surface area contributed by atoms with Crippen LogP contribution in [0, 0.1) is 39.5 Å². The zero-order chi connectivity index (χ0) is 49.0. The van der Waals surface area contributed by atoms with Crippen molar-refractivity contribution in [2.24, 2.45) is 0 Å². The van der Waals surface area contributed by atoms with Gasteiger partial charge in [-0.1, -0.05) is 135 Å². The van der Waals surface area contributed by atoms with Gasteiger partial charge >= 0.3 is 0 Å². The Balaban J connectivity index is 0.000000281. The van der Waals surface area contributed by atoms with E-state index < -0.39 is 35.5 Å². The quantitative estimate of drug-likeness (QED) is 0.0908. The molecule has 1 radical (unpaired) electrons. The summed E-state index contributed by atoms with van der Waals surface area (Å²) in [5.41, 5.74) is 4.78. The van der Waals surface area contributed by atoms with Gasteiger partial charge < -0.3 is 14.4 Å². The Hall–Kier alpha value is -5.19. The van der Waals surface area contributed by atoms with Gasteiger partial charge in [-0.15, -0.1) is 53.6 Å². The molecule has 0 amide bonds. The minimum absolute atomic E-state index is 0. The Morgan fingerprint density at radius 3 is 2.14 bits per heavy atom. The van der Waals surface area contributed by atoms with Crippen molar-refractivity contribution in [3.63, 3.8) is 0 Å². The van der Waals surface area contributed by atoms with Crippen molar-refractivity contribution in [2.45, 2.75) is 66.3 Å². The van der Waals surface area contributed by atoms with E-state index in [1.165, 1.54) is 30.6 Å². The molecule has 0 aliphatic carbocycles. The molecule has 0 aliphatic rings. The molecule has 0 fully saturated rings. The fraction of sp³-hybridized carbons (Fsp3) is 0.192. The molecule has 0 unspecified atom stereocenters. The van der Waals surface area contributed by atoms with Crippen molar-refractivity contribution in [1.29, 1.82) is 0 Å². The van der Waals surface area contributed by atoms with Crippen LogP contribution in [0.15, 0.2) is 132 Å². The molecule has 0 N–H and O–H groups in total. The summed E-state index contributed by atoms with van der Waals surface area (Å²) < 4.78 is 101. The molecule has 0 aliphatic heterocycles. The molecule has 3 heterocycles. The maximum Gasteiger partial charge on any atom is 0.121 e. The van der Waals surface area contributed by atoms with Crippen LogP contribution in [0.25, 0.3) is 77.1 Å². The van der Waals surface area contributed by atoms with Crippen LogP contribution in [0.2, 0.25) is 18.1 Å². The smallest absolute Gasteiger partial charge is 0.121 e. The van der Waals surface area contributed by atoms with Gasteiger partial charge in [-0.2, -0.15) is 0 Å². The molecule has 0 spiro atoms. The summed E-state index contributed by atoms with van der Waals surface area (Å²) >= 11 is 0. The van der Waals surface area contributed by atoms with Crippen LogP contribution in [0.3, 0.4) is 0 Å². The second-order valence-corrected chi connectivity index (χ2v) is 19.5. The second-order valence-electron chi connectivity index (χ2n) is 14.2. The molecule has 0 bridgehead atoms. The topological polar surface area (TPSA) is 38.9 Å². The Labute approximate surface area is 368 Å². The molecular weight excluding hydrogens is 889 g/mol. The van der Waals surface area contributed by atoms with Gasteiger partial charge in [-0.05, 0) is 93.4 Å². The van der Waals surface area contributed by atoms with E-state index >= 15 is 0 Å². The number of furan rings is 1. The summed E-state index contributed by atoms with van der Waals surface area (Å²) in [4.78, 5) is 8.70. The van der Waals surface area contributed by atoms with E-state index in [2.05, 4.69) is 79.3 Å². The van der Waals surface area contributed by atoms with Crippen LogP contribution in [0.1, 0.15) is 59.5 Å². The third-order valence-electron chi connectivity index (χ3n) is 11.3. The Morgan fingerprint density at radius 2 is 1.40 bits per heavy atom.